The number of thiazole rings is 1. The van der Waals surface area contributed by atoms with Crippen molar-refractivity contribution in [1.82, 2.24) is 15.6 Å². The quantitative estimate of drug-likeness (QED) is 0.639. The minimum atomic E-state index is 0.105. The summed E-state index contributed by atoms with van der Waals surface area (Å²) in [6.45, 7) is 10.3. The van der Waals surface area contributed by atoms with Crippen molar-refractivity contribution in [2.45, 2.75) is 45.6 Å². The molecule has 0 amide bonds. The summed E-state index contributed by atoms with van der Waals surface area (Å²) in [5.74, 6) is 1.24. The molecule has 2 N–H and O–H groups in total. The van der Waals surface area contributed by atoms with Crippen LogP contribution in [-0.2, 0) is 12.0 Å². The molecule has 0 spiro atoms. The zero-order chi connectivity index (χ0) is 17.6. The van der Waals surface area contributed by atoms with Gasteiger partial charge in [-0.05, 0) is 11.5 Å². The summed E-state index contributed by atoms with van der Waals surface area (Å²) >= 11 is 1.72. The molecule has 0 saturated heterocycles. The molecule has 24 heavy (non-hydrogen) atoms. The van der Waals surface area contributed by atoms with Crippen LogP contribution in [0.3, 0.4) is 0 Å². The highest BCUT2D eigenvalue weighted by Gasteiger charge is 2.17. The van der Waals surface area contributed by atoms with Gasteiger partial charge in [0.15, 0.2) is 5.96 Å². The molecule has 130 valence electrons. The largest absolute Gasteiger partial charge is 0.356 e. The molecule has 0 fully saturated rings. The third-order valence-electron chi connectivity index (χ3n) is 3.80. The smallest absolute Gasteiger partial charge is 0.191 e. The second-order valence-corrected chi connectivity index (χ2v) is 7.87. The number of benzene rings is 1. The highest BCUT2D eigenvalue weighted by atomic mass is 32.1. The molecule has 0 aliphatic heterocycles. The van der Waals surface area contributed by atoms with Crippen molar-refractivity contribution in [2.75, 3.05) is 13.6 Å². The van der Waals surface area contributed by atoms with Crippen LogP contribution >= 0.6 is 11.3 Å². The highest BCUT2D eigenvalue weighted by Crippen LogP contribution is 2.25. The second-order valence-electron chi connectivity index (χ2n) is 7.01. The lowest BCUT2D eigenvalue weighted by molar-refractivity contribution is 0.582. The summed E-state index contributed by atoms with van der Waals surface area (Å²) in [6, 6.07) is 10.5. The third kappa shape index (κ3) is 5.34. The van der Waals surface area contributed by atoms with Gasteiger partial charge in [0.05, 0.1) is 17.2 Å². The molecular formula is C19H28N4S. The first kappa shape index (κ1) is 18.5. The van der Waals surface area contributed by atoms with Crippen molar-refractivity contribution in [2.24, 2.45) is 4.99 Å². The van der Waals surface area contributed by atoms with E-state index in [2.05, 4.69) is 73.0 Å². The summed E-state index contributed by atoms with van der Waals surface area (Å²) in [4.78, 5) is 9.00. The van der Waals surface area contributed by atoms with Crippen LogP contribution in [0.4, 0.5) is 0 Å². The topological polar surface area (TPSA) is 49.3 Å². The van der Waals surface area contributed by atoms with E-state index in [9.17, 15) is 0 Å². The van der Waals surface area contributed by atoms with E-state index in [1.165, 1.54) is 10.6 Å². The minimum absolute atomic E-state index is 0.105. The van der Waals surface area contributed by atoms with Crippen LogP contribution in [0.1, 0.15) is 49.9 Å². The molecule has 0 bridgehead atoms. The van der Waals surface area contributed by atoms with Gasteiger partial charge in [0.25, 0.3) is 0 Å². The standard InChI is InChI=1S/C19H28N4S/c1-14(15-9-7-6-8-10-15)11-21-18(20-5)22-12-16-13-24-17(23-16)19(2,3)4/h6-10,13-14H,11-12H2,1-5H3,(H2,20,21,22). The van der Waals surface area contributed by atoms with Crippen LogP contribution in [0.15, 0.2) is 40.7 Å². The first-order chi connectivity index (χ1) is 11.4. The van der Waals surface area contributed by atoms with Crippen molar-refractivity contribution in [1.29, 1.82) is 0 Å². The number of aromatic nitrogens is 1. The van der Waals surface area contributed by atoms with Crippen LogP contribution in [0, 0.1) is 0 Å². The van der Waals surface area contributed by atoms with Gasteiger partial charge in [-0.25, -0.2) is 4.98 Å². The van der Waals surface area contributed by atoms with Gasteiger partial charge < -0.3 is 10.6 Å². The SMILES string of the molecule is CN=C(NCc1csc(C(C)(C)C)n1)NCC(C)c1ccccc1. The monoisotopic (exact) mass is 344 g/mol. The molecule has 0 radical (unpaired) electrons. The van der Waals surface area contributed by atoms with Crippen molar-refractivity contribution in [3.8, 4) is 0 Å². The Hall–Kier alpha value is -1.88. The number of nitrogens with zero attached hydrogens (tertiary/aromatic N) is 2. The number of rotatable bonds is 5. The van der Waals surface area contributed by atoms with Crippen LogP contribution in [0.25, 0.3) is 0 Å². The van der Waals surface area contributed by atoms with E-state index in [-0.39, 0.29) is 5.41 Å². The fraction of sp³-hybridized carbons (Fsp3) is 0.474. The molecule has 0 aliphatic carbocycles. The van der Waals surface area contributed by atoms with E-state index in [1.54, 1.807) is 18.4 Å². The average molecular weight is 345 g/mol. The van der Waals surface area contributed by atoms with Gasteiger partial charge in [-0.15, -0.1) is 11.3 Å². The van der Waals surface area contributed by atoms with E-state index < -0.39 is 0 Å². The highest BCUT2D eigenvalue weighted by molar-refractivity contribution is 7.09. The fourth-order valence-corrected chi connectivity index (χ4v) is 3.18. The number of nitrogens with one attached hydrogen (secondary N) is 2. The molecular weight excluding hydrogens is 316 g/mol. The Kier molecular flexibility index (Phi) is 6.37. The van der Waals surface area contributed by atoms with E-state index >= 15 is 0 Å². The molecule has 4 nitrogen and oxygen atoms in total. The predicted molar refractivity (Wildman–Crippen MR) is 104 cm³/mol. The molecule has 1 unspecified atom stereocenters. The maximum atomic E-state index is 4.70. The number of hydrogen-bond acceptors (Lipinski definition) is 3. The lowest BCUT2D eigenvalue weighted by atomic mass is 9.98. The van der Waals surface area contributed by atoms with Crippen molar-refractivity contribution in [3.63, 3.8) is 0 Å². The van der Waals surface area contributed by atoms with E-state index in [1.807, 2.05) is 6.07 Å². The zero-order valence-corrected chi connectivity index (χ0v) is 16.1. The molecule has 2 rings (SSSR count). The summed E-state index contributed by atoms with van der Waals surface area (Å²) in [5, 5.41) is 10.0. The maximum absolute atomic E-state index is 4.70. The summed E-state index contributed by atoms with van der Waals surface area (Å²) < 4.78 is 0. The molecule has 1 aromatic heterocycles. The first-order valence-electron chi connectivity index (χ1n) is 8.34. The van der Waals surface area contributed by atoms with Crippen LogP contribution in [0.2, 0.25) is 0 Å². The van der Waals surface area contributed by atoms with Gasteiger partial charge in [0.2, 0.25) is 0 Å². The Labute approximate surface area is 149 Å². The molecule has 0 aliphatic rings. The minimum Gasteiger partial charge on any atom is -0.356 e. The Morgan fingerprint density at radius 3 is 2.50 bits per heavy atom. The maximum Gasteiger partial charge on any atom is 0.191 e. The van der Waals surface area contributed by atoms with Crippen molar-refractivity contribution in [3.05, 3.63) is 52.0 Å². The first-order valence-corrected chi connectivity index (χ1v) is 9.22. The molecule has 1 heterocycles. The van der Waals surface area contributed by atoms with Gasteiger partial charge in [-0.3, -0.25) is 4.99 Å². The van der Waals surface area contributed by atoms with E-state index in [4.69, 9.17) is 4.98 Å². The normalized spacial score (nSPS) is 13.6. The van der Waals surface area contributed by atoms with Crippen molar-refractivity contribution < 1.29 is 0 Å². The number of aliphatic imine (C=N–C) groups is 1. The predicted octanol–water partition coefficient (Wildman–Crippen LogP) is 3.91. The Morgan fingerprint density at radius 2 is 1.92 bits per heavy atom. The van der Waals surface area contributed by atoms with Gasteiger partial charge in [-0.2, -0.15) is 0 Å². The van der Waals surface area contributed by atoms with Gasteiger partial charge in [-0.1, -0.05) is 58.0 Å². The van der Waals surface area contributed by atoms with Crippen molar-refractivity contribution >= 4 is 17.3 Å². The Bertz CT molecular complexity index is 656. The number of guanidine groups is 1. The fourth-order valence-electron chi connectivity index (χ4n) is 2.28. The average Bonchev–Trinajstić information content (AvgIpc) is 3.05. The van der Waals surface area contributed by atoms with E-state index in [0.29, 0.717) is 12.5 Å². The summed E-state index contributed by atoms with van der Waals surface area (Å²) in [6.07, 6.45) is 0. The molecule has 2 aromatic rings. The van der Waals surface area contributed by atoms with Gasteiger partial charge >= 0.3 is 0 Å². The Balaban J connectivity index is 1.83. The van der Waals surface area contributed by atoms with Crippen LogP contribution < -0.4 is 10.6 Å². The lowest BCUT2D eigenvalue weighted by Crippen LogP contribution is -2.38. The van der Waals surface area contributed by atoms with Gasteiger partial charge in [0.1, 0.15) is 0 Å². The molecule has 1 atom stereocenters. The van der Waals surface area contributed by atoms with Crippen LogP contribution in [0.5, 0.6) is 0 Å². The zero-order valence-electron chi connectivity index (χ0n) is 15.3. The third-order valence-corrected chi connectivity index (χ3v) is 5.12. The summed E-state index contributed by atoms with van der Waals surface area (Å²) in [5.41, 5.74) is 2.49. The van der Waals surface area contributed by atoms with Crippen LogP contribution in [-0.4, -0.2) is 24.5 Å². The Morgan fingerprint density at radius 1 is 1.21 bits per heavy atom. The summed E-state index contributed by atoms with van der Waals surface area (Å²) in [7, 11) is 1.80. The lowest BCUT2D eigenvalue weighted by Gasteiger charge is -2.16. The number of hydrogen-bond donors (Lipinski definition) is 2. The molecule has 0 saturated carbocycles. The van der Waals surface area contributed by atoms with E-state index in [0.717, 1.165) is 18.2 Å². The second kappa shape index (κ2) is 8.29. The molecule has 1 aromatic carbocycles. The molecule has 5 heteroatoms. The van der Waals surface area contributed by atoms with Gasteiger partial charge in [0, 0.05) is 24.4 Å².